The summed E-state index contributed by atoms with van der Waals surface area (Å²) in [6.45, 7) is 7.60. The lowest BCUT2D eigenvalue weighted by Crippen LogP contribution is -2.50. The molecule has 0 aromatic carbocycles. The second-order valence-electron chi connectivity index (χ2n) is 5.44. The van der Waals surface area contributed by atoms with Crippen LogP contribution in [0.25, 0.3) is 0 Å². The average Bonchev–Trinajstić information content (AvgIpc) is 2.91. The number of primary amides is 1. The van der Waals surface area contributed by atoms with Gasteiger partial charge in [-0.3, -0.25) is 14.3 Å². The standard InChI is InChI=1S/C14H22N4O3/c1-4-18-11(7-10(16-18)9(2)3)14(20)17-5-6-21-12(8-17)13(15)19/h7,9,12H,4-6,8H2,1-3H3,(H2,15,19)/t12-/m1/s1. The number of hydrogen-bond acceptors (Lipinski definition) is 4. The maximum atomic E-state index is 12.6. The molecule has 1 fully saturated rings. The zero-order valence-electron chi connectivity index (χ0n) is 12.7. The number of rotatable bonds is 4. The lowest BCUT2D eigenvalue weighted by molar-refractivity contribution is -0.133. The third-order valence-electron chi connectivity index (χ3n) is 3.58. The Balaban J connectivity index is 2.21. The monoisotopic (exact) mass is 294 g/mol. The van der Waals surface area contributed by atoms with Gasteiger partial charge in [0.1, 0.15) is 5.69 Å². The molecule has 7 heteroatoms. The first-order chi connectivity index (χ1) is 9.93. The molecular weight excluding hydrogens is 272 g/mol. The van der Waals surface area contributed by atoms with Crippen LogP contribution in [0.2, 0.25) is 0 Å². The molecule has 2 rings (SSSR count). The quantitative estimate of drug-likeness (QED) is 0.867. The van der Waals surface area contributed by atoms with Gasteiger partial charge in [0, 0.05) is 13.1 Å². The molecule has 1 atom stereocenters. The highest BCUT2D eigenvalue weighted by Crippen LogP contribution is 2.17. The van der Waals surface area contributed by atoms with Crippen molar-refractivity contribution in [3.8, 4) is 0 Å². The second kappa shape index (κ2) is 6.26. The minimum Gasteiger partial charge on any atom is -0.367 e. The van der Waals surface area contributed by atoms with E-state index in [9.17, 15) is 9.59 Å². The van der Waals surface area contributed by atoms with Gasteiger partial charge in [0.05, 0.1) is 18.8 Å². The second-order valence-corrected chi connectivity index (χ2v) is 5.44. The van der Waals surface area contributed by atoms with E-state index in [0.29, 0.717) is 25.4 Å². The van der Waals surface area contributed by atoms with Gasteiger partial charge in [-0.15, -0.1) is 0 Å². The Morgan fingerprint density at radius 2 is 2.24 bits per heavy atom. The Bertz CT molecular complexity index is 538. The highest BCUT2D eigenvalue weighted by Gasteiger charge is 2.30. The van der Waals surface area contributed by atoms with Crippen molar-refractivity contribution < 1.29 is 14.3 Å². The smallest absolute Gasteiger partial charge is 0.272 e. The normalized spacial score (nSPS) is 19.0. The van der Waals surface area contributed by atoms with E-state index < -0.39 is 12.0 Å². The summed E-state index contributed by atoms with van der Waals surface area (Å²) in [7, 11) is 0. The number of hydrogen-bond donors (Lipinski definition) is 1. The summed E-state index contributed by atoms with van der Waals surface area (Å²) in [5.41, 5.74) is 6.69. The number of nitrogens with zero attached hydrogens (tertiary/aromatic N) is 3. The molecule has 0 unspecified atom stereocenters. The van der Waals surface area contributed by atoms with E-state index in [0.717, 1.165) is 5.69 Å². The molecule has 1 aromatic heterocycles. The van der Waals surface area contributed by atoms with Crippen LogP contribution in [0.5, 0.6) is 0 Å². The van der Waals surface area contributed by atoms with E-state index in [1.54, 1.807) is 9.58 Å². The molecule has 7 nitrogen and oxygen atoms in total. The van der Waals surface area contributed by atoms with Crippen LogP contribution in [0.4, 0.5) is 0 Å². The Morgan fingerprint density at radius 3 is 2.81 bits per heavy atom. The Labute approximate surface area is 124 Å². The summed E-state index contributed by atoms with van der Waals surface area (Å²) in [4.78, 5) is 25.5. The molecular formula is C14H22N4O3. The minimum atomic E-state index is -0.731. The summed E-state index contributed by atoms with van der Waals surface area (Å²) in [5, 5.41) is 4.44. The number of ether oxygens (including phenoxy) is 1. The van der Waals surface area contributed by atoms with Crippen molar-refractivity contribution in [1.82, 2.24) is 14.7 Å². The number of morpholine rings is 1. The van der Waals surface area contributed by atoms with Crippen LogP contribution in [0.3, 0.4) is 0 Å². The Hall–Kier alpha value is -1.89. The molecule has 0 bridgehead atoms. The largest absolute Gasteiger partial charge is 0.367 e. The van der Waals surface area contributed by atoms with Gasteiger partial charge in [-0.1, -0.05) is 13.8 Å². The summed E-state index contributed by atoms with van der Waals surface area (Å²) in [6.07, 6.45) is -0.731. The fourth-order valence-electron chi connectivity index (χ4n) is 2.30. The lowest BCUT2D eigenvalue weighted by atomic mass is 10.1. The molecule has 0 spiro atoms. The van der Waals surface area contributed by atoms with Crippen molar-refractivity contribution in [2.24, 2.45) is 5.73 Å². The van der Waals surface area contributed by atoms with Crippen molar-refractivity contribution >= 4 is 11.8 Å². The van der Waals surface area contributed by atoms with Crippen LogP contribution in [0.15, 0.2) is 6.07 Å². The first kappa shape index (κ1) is 15.5. The van der Waals surface area contributed by atoms with Gasteiger partial charge < -0.3 is 15.4 Å². The minimum absolute atomic E-state index is 0.134. The molecule has 116 valence electrons. The van der Waals surface area contributed by atoms with E-state index in [4.69, 9.17) is 10.5 Å². The molecule has 1 saturated heterocycles. The maximum Gasteiger partial charge on any atom is 0.272 e. The molecule has 2 amide bonds. The predicted molar refractivity (Wildman–Crippen MR) is 76.8 cm³/mol. The molecule has 1 aliphatic rings. The summed E-state index contributed by atoms with van der Waals surface area (Å²) >= 11 is 0. The van der Waals surface area contributed by atoms with E-state index in [1.807, 2.05) is 26.8 Å². The van der Waals surface area contributed by atoms with Gasteiger partial charge in [0.15, 0.2) is 6.10 Å². The van der Waals surface area contributed by atoms with Gasteiger partial charge in [-0.25, -0.2) is 0 Å². The van der Waals surface area contributed by atoms with Crippen LogP contribution < -0.4 is 5.73 Å². The first-order valence-electron chi connectivity index (χ1n) is 7.22. The van der Waals surface area contributed by atoms with Gasteiger partial charge >= 0.3 is 0 Å². The number of carbonyl (C=O) groups excluding carboxylic acids is 2. The number of carbonyl (C=O) groups is 2. The number of aromatic nitrogens is 2. The SMILES string of the molecule is CCn1nc(C(C)C)cc1C(=O)N1CCO[C@@H](C(N)=O)C1. The Kier molecular flexibility index (Phi) is 4.62. The summed E-state index contributed by atoms with van der Waals surface area (Å²) in [5.74, 6) is -0.419. The maximum absolute atomic E-state index is 12.6. The molecule has 21 heavy (non-hydrogen) atoms. The van der Waals surface area contributed by atoms with Crippen LogP contribution in [0.1, 0.15) is 42.9 Å². The topological polar surface area (TPSA) is 90.4 Å². The summed E-state index contributed by atoms with van der Waals surface area (Å²) in [6, 6.07) is 1.82. The number of nitrogens with two attached hydrogens (primary N) is 1. The van der Waals surface area contributed by atoms with Gasteiger partial charge in [-0.2, -0.15) is 5.10 Å². The molecule has 0 saturated carbocycles. The highest BCUT2D eigenvalue weighted by atomic mass is 16.5. The van der Waals surface area contributed by atoms with Gasteiger partial charge in [0.25, 0.3) is 5.91 Å². The van der Waals surface area contributed by atoms with Crippen LogP contribution in [-0.2, 0) is 16.1 Å². The van der Waals surface area contributed by atoms with Crippen LogP contribution >= 0.6 is 0 Å². The zero-order chi connectivity index (χ0) is 15.6. The zero-order valence-corrected chi connectivity index (χ0v) is 12.7. The van der Waals surface area contributed by atoms with Crippen molar-refractivity contribution in [2.45, 2.75) is 39.3 Å². The molecule has 2 N–H and O–H groups in total. The van der Waals surface area contributed by atoms with Crippen LogP contribution in [0, 0.1) is 0 Å². The fraction of sp³-hybridized carbons (Fsp3) is 0.643. The molecule has 0 radical (unpaired) electrons. The predicted octanol–water partition coefficient (Wildman–Crippen LogP) is 0.353. The van der Waals surface area contributed by atoms with E-state index in [2.05, 4.69) is 5.10 Å². The fourth-order valence-corrected chi connectivity index (χ4v) is 2.30. The van der Waals surface area contributed by atoms with E-state index >= 15 is 0 Å². The van der Waals surface area contributed by atoms with E-state index in [-0.39, 0.29) is 18.4 Å². The van der Waals surface area contributed by atoms with Gasteiger partial charge in [0.2, 0.25) is 5.91 Å². The van der Waals surface area contributed by atoms with Crippen LogP contribution in [-0.4, -0.2) is 52.3 Å². The van der Waals surface area contributed by atoms with Gasteiger partial charge in [-0.05, 0) is 18.9 Å². The average molecular weight is 294 g/mol. The molecule has 1 aromatic rings. The third kappa shape index (κ3) is 3.24. The lowest BCUT2D eigenvalue weighted by Gasteiger charge is -2.31. The Morgan fingerprint density at radius 1 is 1.52 bits per heavy atom. The summed E-state index contributed by atoms with van der Waals surface area (Å²) < 4.78 is 6.97. The van der Waals surface area contributed by atoms with Crippen molar-refractivity contribution in [1.29, 1.82) is 0 Å². The third-order valence-corrected chi connectivity index (χ3v) is 3.58. The molecule has 1 aliphatic heterocycles. The number of aryl methyl sites for hydroxylation is 1. The molecule has 2 heterocycles. The molecule has 0 aliphatic carbocycles. The van der Waals surface area contributed by atoms with Crippen molar-refractivity contribution in [2.75, 3.05) is 19.7 Å². The highest BCUT2D eigenvalue weighted by molar-refractivity contribution is 5.93. The number of amides is 2. The van der Waals surface area contributed by atoms with Crippen molar-refractivity contribution in [3.05, 3.63) is 17.5 Å². The van der Waals surface area contributed by atoms with E-state index in [1.165, 1.54) is 0 Å². The van der Waals surface area contributed by atoms with Crippen molar-refractivity contribution in [3.63, 3.8) is 0 Å². The first-order valence-corrected chi connectivity index (χ1v) is 7.22.